The minimum atomic E-state index is -0.127. The van der Waals surface area contributed by atoms with Crippen LogP contribution in [0.3, 0.4) is 0 Å². The molecule has 0 bridgehead atoms. The first kappa shape index (κ1) is 17.3. The third-order valence-corrected chi connectivity index (χ3v) is 5.12. The molecule has 0 atom stereocenters. The van der Waals surface area contributed by atoms with Crippen LogP contribution in [0.25, 0.3) is 6.08 Å². The quantitative estimate of drug-likeness (QED) is 0.719. The van der Waals surface area contributed by atoms with Gasteiger partial charge in [0.2, 0.25) is 5.76 Å². The monoisotopic (exact) mass is 362 g/mol. The lowest BCUT2D eigenvalue weighted by molar-refractivity contribution is 0.0699. The van der Waals surface area contributed by atoms with Gasteiger partial charge in [0.25, 0.3) is 5.91 Å². The zero-order chi connectivity index (χ0) is 18.8. The molecule has 1 amide bonds. The smallest absolute Gasteiger partial charge is 0.291 e. The van der Waals surface area contributed by atoms with Gasteiger partial charge in [-0.2, -0.15) is 0 Å². The van der Waals surface area contributed by atoms with E-state index in [2.05, 4.69) is 53.1 Å². The van der Waals surface area contributed by atoms with Crippen LogP contribution in [0.2, 0.25) is 0 Å². The van der Waals surface area contributed by atoms with Crippen LogP contribution in [-0.2, 0) is 19.4 Å². The molecule has 3 aromatic rings. The number of benzene rings is 1. The summed E-state index contributed by atoms with van der Waals surface area (Å²) in [5.41, 5.74) is 7.84. The van der Waals surface area contributed by atoms with E-state index in [1.54, 1.807) is 11.2 Å². The van der Waals surface area contributed by atoms with E-state index in [1.807, 2.05) is 0 Å². The van der Waals surface area contributed by atoms with Gasteiger partial charge in [0.15, 0.2) is 6.39 Å². The number of fused-ring (bicyclic) bond motifs is 2. The van der Waals surface area contributed by atoms with Gasteiger partial charge in [-0.1, -0.05) is 24.3 Å². The first-order valence-electron chi connectivity index (χ1n) is 9.08. The van der Waals surface area contributed by atoms with Crippen molar-refractivity contribution in [1.29, 1.82) is 0 Å². The summed E-state index contributed by atoms with van der Waals surface area (Å²) in [6.45, 7) is 5.57. The first-order chi connectivity index (χ1) is 13.1. The van der Waals surface area contributed by atoms with Crippen molar-refractivity contribution in [3.05, 3.63) is 76.5 Å². The molecule has 0 spiro atoms. The maximum absolute atomic E-state index is 12.0. The number of H-pyrrole nitrogens is 1. The van der Waals surface area contributed by atoms with Gasteiger partial charge in [0.05, 0.1) is 30.5 Å². The molecule has 3 heterocycles. The maximum Gasteiger partial charge on any atom is 0.291 e. The van der Waals surface area contributed by atoms with Crippen LogP contribution in [0, 0.1) is 13.8 Å². The van der Waals surface area contributed by atoms with Crippen LogP contribution in [0.5, 0.6) is 0 Å². The highest BCUT2D eigenvalue weighted by molar-refractivity contribution is 5.91. The maximum atomic E-state index is 12.0. The molecule has 0 fully saturated rings. The Morgan fingerprint density at radius 2 is 2.11 bits per heavy atom. The normalized spacial score (nSPS) is 14.4. The molecule has 0 saturated carbocycles. The minimum Gasteiger partial charge on any atom is -0.438 e. The first-order valence-corrected chi connectivity index (χ1v) is 9.08. The summed E-state index contributed by atoms with van der Waals surface area (Å²) >= 11 is 0. The molecule has 2 aromatic heterocycles. The second-order valence-electron chi connectivity index (χ2n) is 6.87. The Hall–Kier alpha value is -3.15. The van der Waals surface area contributed by atoms with Gasteiger partial charge in [-0.25, -0.2) is 9.97 Å². The number of oxazole rings is 1. The van der Waals surface area contributed by atoms with E-state index in [-0.39, 0.29) is 11.7 Å². The fourth-order valence-electron chi connectivity index (χ4n) is 3.55. The lowest BCUT2D eigenvalue weighted by Crippen LogP contribution is -2.35. The van der Waals surface area contributed by atoms with Crippen molar-refractivity contribution in [3.8, 4) is 0 Å². The zero-order valence-corrected chi connectivity index (χ0v) is 15.5. The number of rotatable bonds is 1. The number of amides is 1. The standard InChI is InChI=1S/C11H12.C10H10N4O2/c1-8-6-7-9(2)11-5-3-4-10(8)11;15-10(9-3-11-6-16-9)14-2-1-7-8(4-14)13-5-12-7/h3-4,6-7H,5H2,1-2H3;3,5-6H,1-2,4H2,(H,12,13). The van der Waals surface area contributed by atoms with Gasteiger partial charge in [-0.3, -0.25) is 4.79 Å². The number of aromatic nitrogens is 3. The van der Waals surface area contributed by atoms with Crippen LogP contribution in [-0.4, -0.2) is 32.3 Å². The summed E-state index contributed by atoms with van der Waals surface area (Å²) in [6, 6.07) is 4.41. The summed E-state index contributed by atoms with van der Waals surface area (Å²) < 4.78 is 4.99. The molecule has 138 valence electrons. The van der Waals surface area contributed by atoms with E-state index in [4.69, 9.17) is 4.42 Å². The number of carbonyl (C=O) groups excluding carboxylic acids is 1. The predicted octanol–water partition coefficient (Wildman–Crippen LogP) is 3.47. The van der Waals surface area contributed by atoms with Gasteiger partial charge in [-0.15, -0.1) is 0 Å². The van der Waals surface area contributed by atoms with Crippen LogP contribution in [0.15, 0.2) is 41.5 Å². The molecule has 2 aliphatic rings. The second-order valence-corrected chi connectivity index (χ2v) is 6.87. The number of hydrogen-bond acceptors (Lipinski definition) is 4. The van der Waals surface area contributed by atoms with Crippen molar-refractivity contribution < 1.29 is 9.21 Å². The summed E-state index contributed by atoms with van der Waals surface area (Å²) in [5, 5.41) is 0. The number of imidazole rings is 1. The van der Waals surface area contributed by atoms with E-state index in [0.717, 1.165) is 24.2 Å². The highest BCUT2D eigenvalue weighted by Gasteiger charge is 2.24. The fourth-order valence-corrected chi connectivity index (χ4v) is 3.55. The molecule has 6 heteroatoms. The van der Waals surface area contributed by atoms with Crippen molar-refractivity contribution >= 4 is 12.0 Å². The largest absolute Gasteiger partial charge is 0.438 e. The lowest BCUT2D eigenvalue weighted by Gasteiger charge is -2.25. The van der Waals surface area contributed by atoms with Gasteiger partial charge in [-0.05, 0) is 42.5 Å². The van der Waals surface area contributed by atoms with Gasteiger partial charge in [0, 0.05) is 13.0 Å². The molecule has 0 unspecified atom stereocenters. The van der Waals surface area contributed by atoms with Crippen molar-refractivity contribution in [2.75, 3.05) is 6.54 Å². The summed E-state index contributed by atoms with van der Waals surface area (Å²) in [7, 11) is 0. The van der Waals surface area contributed by atoms with Crippen LogP contribution in [0.1, 0.15) is 44.2 Å². The Labute approximate surface area is 157 Å². The molecule has 1 aliphatic heterocycles. The van der Waals surface area contributed by atoms with Crippen LogP contribution >= 0.6 is 0 Å². The van der Waals surface area contributed by atoms with Crippen LogP contribution in [0.4, 0.5) is 0 Å². The topological polar surface area (TPSA) is 75.0 Å². The summed E-state index contributed by atoms with van der Waals surface area (Å²) in [4.78, 5) is 24.6. The molecule has 0 radical (unpaired) electrons. The molecule has 1 aliphatic carbocycles. The third kappa shape index (κ3) is 3.43. The minimum absolute atomic E-state index is 0.127. The van der Waals surface area contributed by atoms with E-state index in [1.165, 1.54) is 34.8 Å². The van der Waals surface area contributed by atoms with E-state index in [0.29, 0.717) is 13.1 Å². The van der Waals surface area contributed by atoms with E-state index >= 15 is 0 Å². The Morgan fingerprint density at radius 1 is 1.26 bits per heavy atom. The van der Waals surface area contributed by atoms with Crippen molar-refractivity contribution in [2.24, 2.45) is 0 Å². The number of nitrogens with zero attached hydrogens (tertiary/aromatic N) is 3. The van der Waals surface area contributed by atoms with Gasteiger partial charge < -0.3 is 14.3 Å². The average molecular weight is 362 g/mol. The Bertz CT molecular complexity index is 986. The number of nitrogens with one attached hydrogen (secondary N) is 1. The molecule has 27 heavy (non-hydrogen) atoms. The number of aryl methyl sites for hydroxylation is 2. The molecule has 1 N–H and O–H groups in total. The number of allylic oxidation sites excluding steroid dienone is 1. The average Bonchev–Trinajstić information content (AvgIpc) is 3.44. The lowest BCUT2D eigenvalue weighted by atomic mass is 10.00. The molecular weight excluding hydrogens is 340 g/mol. The van der Waals surface area contributed by atoms with Gasteiger partial charge >= 0.3 is 0 Å². The van der Waals surface area contributed by atoms with E-state index in [9.17, 15) is 4.79 Å². The number of hydrogen-bond donors (Lipinski definition) is 1. The molecule has 1 aromatic carbocycles. The van der Waals surface area contributed by atoms with E-state index < -0.39 is 0 Å². The van der Waals surface area contributed by atoms with Crippen molar-refractivity contribution in [1.82, 2.24) is 19.9 Å². The SMILES string of the molecule is Cc1ccc(C)c2c1C=CC2.O=C(c1cnco1)N1CCc2nc[nH]c2C1. The van der Waals surface area contributed by atoms with Crippen LogP contribution < -0.4 is 0 Å². The molecule has 5 rings (SSSR count). The predicted molar refractivity (Wildman–Crippen MR) is 102 cm³/mol. The molecule has 6 nitrogen and oxygen atoms in total. The Balaban J connectivity index is 0.000000143. The molecular formula is C21H22N4O2. The van der Waals surface area contributed by atoms with Crippen molar-refractivity contribution in [3.63, 3.8) is 0 Å². The highest BCUT2D eigenvalue weighted by atomic mass is 16.3. The zero-order valence-electron chi connectivity index (χ0n) is 15.5. The highest BCUT2D eigenvalue weighted by Crippen LogP contribution is 2.25. The second kappa shape index (κ2) is 7.23. The third-order valence-electron chi connectivity index (χ3n) is 5.12. The Morgan fingerprint density at radius 3 is 2.89 bits per heavy atom. The van der Waals surface area contributed by atoms with Gasteiger partial charge in [0.1, 0.15) is 0 Å². The molecule has 0 saturated heterocycles. The van der Waals surface area contributed by atoms with Crippen molar-refractivity contribution in [2.45, 2.75) is 33.2 Å². The number of aromatic amines is 1. The summed E-state index contributed by atoms with van der Waals surface area (Å²) in [5.74, 6) is 0.153. The number of carbonyl (C=O) groups is 1. The fraction of sp³-hybridized carbons (Fsp3) is 0.286. The Kier molecular flexibility index (Phi) is 4.62. The summed E-state index contributed by atoms with van der Waals surface area (Å²) in [6.07, 6.45) is 10.7.